The third-order valence-corrected chi connectivity index (χ3v) is 2.78. The molecule has 1 rings (SSSR count). The van der Waals surface area contributed by atoms with E-state index in [-0.39, 0.29) is 12.1 Å². The molecule has 1 unspecified atom stereocenters. The van der Waals surface area contributed by atoms with Crippen LogP contribution < -0.4 is 5.32 Å². The molecule has 1 heterocycles. The molecule has 0 aliphatic carbocycles. The minimum Gasteiger partial charge on any atom is -0.394 e. The Labute approximate surface area is 94.9 Å². The first-order chi connectivity index (χ1) is 7.12. The second kappa shape index (κ2) is 7.20. The summed E-state index contributed by atoms with van der Waals surface area (Å²) in [5.74, 6) is 0. The van der Waals surface area contributed by atoms with Gasteiger partial charge in [-0.15, -0.1) is 0 Å². The van der Waals surface area contributed by atoms with Crippen molar-refractivity contribution < 1.29 is 5.11 Å². The van der Waals surface area contributed by atoms with Gasteiger partial charge in [0.2, 0.25) is 0 Å². The van der Waals surface area contributed by atoms with Crippen LogP contribution in [0.15, 0.2) is 0 Å². The summed E-state index contributed by atoms with van der Waals surface area (Å²) in [7, 11) is 0. The van der Waals surface area contributed by atoms with E-state index in [1.165, 1.54) is 0 Å². The summed E-state index contributed by atoms with van der Waals surface area (Å²) >= 11 is 0. The zero-order valence-electron chi connectivity index (χ0n) is 11.0. The maximum absolute atomic E-state index is 9.39. The number of likely N-dealkylation sites (N-methyl/N-ethyl adjacent to an activating group) is 1. The van der Waals surface area contributed by atoms with Crippen LogP contribution in [-0.4, -0.2) is 47.8 Å². The second-order valence-corrected chi connectivity index (χ2v) is 4.36. The fourth-order valence-corrected chi connectivity index (χ4v) is 2.13. The normalized spacial score (nSPS) is 26.6. The van der Waals surface area contributed by atoms with Crippen LogP contribution in [0.3, 0.4) is 0 Å². The predicted molar refractivity (Wildman–Crippen MR) is 66.2 cm³/mol. The van der Waals surface area contributed by atoms with E-state index < -0.39 is 0 Å². The predicted octanol–water partition coefficient (Wildman–Crippen LogP) is 1.47. The van der Waals surface area contributed by atoms with Crippen molar-refractivity contribution >= 4 is 0 Å². The van der Waals surface area contributed by atoms with Gasteiger partial charge in [0.1, 0.15) is 0 Å². The van der Waals surface area contributed by atoms with Crippen molar-refractivity contribution in [2.75, 3.05) is 26.2 Å². The van der Waals surface area contributed by atoms with Gasteiger partial charge in [-0.2, -0.15) is 0 Å². The van der Waals surface area contributed by atoms with Crippen LogP contribution in [0.25, 0.3) is 0 Å². The summed E-state index contributed by atoms with van der Waals surface area (Å²) in [5, 5.41) is 12.9. The Morgan fingerprint density at radius 2 is 2.00 bits per heavy atom. The molecule has 15 heavy (non-hydrogen) atoms. The first kappa shape index (κ1) is 14.9. The number of likely N-dealkylation sites (tertiary alicyclic amines) is 1. The molecule has 1 aliphatic rings. The summed E-state index contributed by atoms with van der Waals surface area (Å²) in [6.07, 6.45) is 1.06. The highest BCUT2D eigenvalue weighted by Gasteiger charge is 2.36. The van der Waals surface area contributed by atoms with Gasteiger partial charge in [-0.1, -0.05) is 34.6 Å². The Balaban J connectivity index is 0.000000921. The van der Waals surface area contributed by atoms with Crippen LogP contribution in [0.2, 0.25) is 0 Å². The molecule has 2 N–H and O–H groups in total. The molecule has 0 aromatic heterocycles. The average Bonchev–Trinajstić information content (AvgIpc) is 2.64. The molecule has 0 aromatic rings. The molecule has 0 saturated carbocycles. The lowest BCUT2D eigenvalue weighted by atomic mass is 9.99. The van der Waals surface area contributed by atoms with Gasteiger partial charge in [0.05, 0.1) is 12.1 Å². The SMILES string of the molecule is CC.CCN1CCC(CO)(NC(C)C)C1. The number of nitrogens with zero attached hydrogens (tertiary/aromatic N) is 1. The Morgan fingerprint density at radius 3 is 2.33 bits per heavy atom. The number of hydrogen-bond donors (Lipinski definition) is 2. The van der Waals surface area contributed by atoms with Gasteiger partial charge in [-0.25, -0.2) is 0 Å². The topological polar surface area (TPSA) is 35.5 Å². The molecule has 0 amide bonds. The molecule has 1 saturated heterocycles. The zero-order chi connectivity index (χ0) is 11.9. The van der Waals surface area contributed by atoms with Crippen LogP contribution >= 0.6 is 0 Å². The number of nitrogens with one attached hydrogen (secondary N) is 1. The van der Waals surface area contributed by atoms with E-state index in [1.807, 2.05) is 13.8 Å². The van der Waals surface area contributed by atoms with Gasteiger partial charge in [-0.3, -0.25) is 0 Å². The van der Waals surface area contributed by atoms with Crippen molar-refractivity contribution in [2.24, 2.45) is 0 Å². The monoisotopic (exact) mass is 216 g/mol. The molecule has 92 valence electrons. The molecule has 1 fully saturated rings. The van der Waals surface area contributed by atoms with Gasteiger partial charge < -0.3 is 15.3 Å². The van der Waals surface area contributed by atoms with E-state index in [0.29, 0.717) is 6.04 Å². The third-order valence-electron chi connectivity index (χ3n) is 2.78. The van der Waals surface area contributed by atoms with Crippen LogP contribution in [0, 0.1) is 0 Å². The fourth-order valence-electron chi connectivity index (χ4n) is 2.13. The first-order valence-electron chi connectivity index (χ1n) is 6.23. The highest BCUT2D eigenvalue weighted by atomic mass is 16.3. The Kier molecular flexibility index (Phi) is 7.14. The number of hydrogen-bond acceptors (Lipinski definition) is 3. The highest BCUT2D eigenvalue weighted by Crippen LogP contribution is 2.21. The maximum atomic E-state index is 9.39. The van der Waals surface area contributed by atoms with E-state index in [0.717, 1.165) is 26.1 Å². The van der Waals surface area contributed by atoms with E-state index in [1.54, 1.807) is 0 Å². The van der Waals surface area contributed by atoms with Gasteiger partial charge in [0, 0.05) is 19.1 Å². The fraction of sp³-hybridized carbons (Fsp3) is 1.00. The molecule has 0 radical (unpaired) electrons. The van der Waals surface area contributed by atoms with Crippen LogP contribution in [0.5, 0.6) is 0 Å². The molecule has 3 nitrogen and oxygen atoms in total. The van der Waals surface area contributed by atoms with Gasteiger partial charge >= 0.3 is 0 Å². The lowest BCUT2D eigenvalue weighted by molar-refractivity contribution is 0.153. The average molecular weight is 216 g/mol. The summed E-state index contributed by atoms with van der Waals surface area (Å²) in [4.78, 5) is 2.38. The second-order valence-electron chi connectivity index (χ2n) is 4.36. The smallest absolute Gasteiger partial charge is 0.0626 e. The van der Waals surface area contributed by atoms with E-state index in [9.17, 15) is 5.11 Å². The summed E-state index contributed by atoms with van der Waals surface area (Å²) in [6, 6.07) is 0.448. The van der Waals surface area contributed by atoms with Crippen molar-refractivity contribution in [3.8, 4) is 0 Å². The van der Waals surface area contributed by atoms with Gasteiger partial charge in [0.15, 0.2) is 0 Å². The largest absolute Gasteiger partial charge is 0.394 e. The van der Waals surface area contributed by atoms with Gasteiger partial charge in [-0.05, 0) is 13.0 Å². The molecule has 1 atom stereocenters. The minimum absolute atomic E-state index is 0.0375. The summed E-state index contributed by atoms with van der Waals surface area (Å²) < 4.78 is 0. The Hall–Kier alpha value is -0.120. The molecule has 1 aliphatic heterocycles. The lowest BCUT2D eigenvalue weighted by Gasteiger charge is -2.30. The molecular weight excluding hydrogens is 188 g/mol. The lowest BCUT2D eigenvalue weighted by Crippen LogP contribution is -2.53. The minimum atomic E-state index is -0.0375. The molecule has 3 heteroatoms. The van der Waals surface area contributed by atoms with Crippen molar-refractivity contribution in [3.63, 3.8) is 0 Å². The van der Waals surface area contributed by atoms with E-state index >= 15 is 0 Å². The van der Waals surface area contributed by atoms with E-state index in [4.69, 9.17) is 0 Å². The Bertz CT molecular complexity index is 162. The molecule has 0 bridgehead atoms. The van der Waals surface area contributed by atoms with Crippen LogP contribution in [0.1, 0.15) is 41.0 Å². The Morgan fingerprint density at radius 1 is 1.40 bits per heavy atom. The van der Waals surface area contributed by atoms with Crippen molar-refractivity contribution in [2.45, 2.75) is 52.6 Å². The quantitative estimate of drug-likeness (QED) is 0.747. The first-order valence-corrected chi connectivity index (χ1v) is 6.23. The zero-order valence-corrected chi connectivity index (χ0v) is 11.0. The van der Waals surface area contributed by atoms with E-state index in [2.05, 4.69) is 31.0 Å². The molecule has 0 spiro atoms. The maximum Gasteiger partial charge on any atom is 0.0626 e. The van der Waals surface area contributed by atoms with Crippen LogP contribution in [-0.2, 0) is 0 Å². The molecular formula is C12H28N2O. The van der Waals surface area contributed by atoms with Crippen molar-refractivity contribution in [1.29, 1.82) is 0 Å². The summed E-state index contributed by atoms with van der Waals surface area (Å²) in [5.41, 5.74) is -0.0375. The van der Waals surface area contributed by atoms with Crippen molar-refractivity contribution in [3.05, 3.63) is 0 Å². The van der Waals surface area contributed by atoms with Crippen molar-refractivity contribution in [1.82, 2.24) is 10.2 Å². The van der Waals surface area contributed by atoms with Gasteiger partial charge in [0.25, 0.3) is 0 Å². The third kappa shape index (κ3) is 4.49. The van der Waals surface area contributed by atoms with Crippen LogP contribution in [0.4, 0.5) is 0 Å². The standard InChI is InChI=1S/C10H22N2O.C2H6/c1-4-12-6-5-10(7-12,8-13)11-9(2)3;1-2/h9,11,13H,4-8H2,1-3H3;1-2H3. The number of rotatable bonds is 4. The highest BCUT2D eigenvalue weighted by molar-refractivity contribution is 4.97. The number of aliphatic hydroxyl groups is 1. The number of aliphatic hydroxyl groups excluding tert-OH is 1. The molecule has 0 aromatic carbocycles. The summed E-state index contributed by atoms with van der Waals surface area (Å²) in [6.45, 7) is 13.9.